The number of ether oxygens (including phenoxy) is 2. The van der Waals surface area contributed by atoms with Crippen molar-refractivity contribution in [3.63, 3.8) is 0 Å². The Morgan fingerprint density at radius 1 is 0.692 bits per heavy atom. The van der Waals surface area contributed by atoms with E-state index in [1.165, 1.54) is 0 Å². The van der Waals surface area contributed by atoms with E-state index in [0.29, 0.717) is 13.0 Å². The molecule has 4 rings (SSSR count). The summed E-state index contributed by atoms with van der Waals surface area (Å²) in [5.74, 6) is 1.15. The number of benzene rings is 4. The van der Waals surface area contributed by atoms with Crippen LogP contribution in [-0.2, 0) is 29.1 Å². The average Bonchev–Trinajstić information content (AvgIpc) is 3.00. The maximum Gasteiger partial charge on any atom is 0.247 e. The molecular weight excluding hydrogens is 488 g/mol. The fraction of sp³-hybridized carbons (Fsp3) is 0.212. The third-order valence-corrected chi connectivity index (χ3v) is 6.60. The molecule has 6 heteroatoms. The van der Waals surface area contributed by atoms with Gasteiger partial charge in [0.15, 0.2) is 0 Å². The molecule has 0 bridgehead atoms. The number of aryl methyl sites for hydroxylation is 1. The Kier molecular flexibility index (Phi) is 9.73. The Bertz CT molecular complexity index is 1320. The maximum absolute atomic E-state index is 13.8. The third kappa shape index (κ3) is 7.71. The van der Waals surface area contributed by atoms with Gasteiger partial charge in [0.1, 0.15) is 17.5 Å². The van der Waals surface area contributed by atoms with Gasteiger partial charge >= 0.3 is 0 Å². The zero-order valence-corrected chi connectivity index (χ0v) is 22.4. The molecule has 0 aliphatic carbocycles. The molecule has 6 nitrogen and oxygen atoms in total. The summed E-state index contributed by atoms with van der Waals surface area (Å²) in [6.07, 6.45) is 0.878. The monoisotopic (exact) mass is 522 g/mol. The lowest BCUT2D eigenvalue weighted by atomic mass is 10.0. The topological polar surface area (TPSA) is 67.9 Å². The molecule has 0 aromatic heterocycles. The van der Waals surface area contributed by atoms with Crippen LogP contribution in [0.4, 0.5) is 0 Å². The highest BCUT2D eigenvalue weighted by molar-refractivity contribution is 5.88. The zero-order chi connectivity index (χ0) is 27.5. The Hall–Kier alpha value is -4.58. The van der Waals surface area contributed by atoms with Crippen molar-refractivity contribution >= 4 is 11.8 Å². The third-order valence-electron chi connectivity index (χ3n) is 6.60. The standard InChI is InChI=1S/C33H34N2O4/c1-38-29-18-13-26(14-19-29)23-34-33(37)32(28-11-7-4-8-12-28)35(24-27-15-20-30(39-2)21-16-27)31(36)22-17-25-9-5-3-6-10-25/h3-16,18-21,32H,17,22-24H2,1-2H3,(H,34,37)/t32-/m1/s1. The second-order valence-corrected chi connectivity index (χ2v) is 9.23. The van der Waals surface area contributed by atoms with Gasteiger partial charge in [-0.1, -0.05) is 84.9 Å². The van der Waals surface area contributed by atoms with Crippen LogP contribution in [0.15, 0.2) is 109 Å². The number of methoxy groups -OCH3 is 2. The highest BCUT2D eigenvalue weighted by atomic mass is 16.5. The SMILES string of the molecule is COc1ccc(CNC(=O)[C@@H](c2ccccc2)N(Cc2ccc(OC)cc2)C(=O)CCc2ccccc2)cc1. The Balaban J connectivity index is 1.61. The van der Waals surface area contributed by atoms with Gasteiger partial charge in [-0.3, -0.25) is 9.59 Å². The lowest BCUT2D eigenvalue weighted by Gasteiger charge is -2.32. The minimum Gasteiger partial charge on any atom is -0.497 e. The first-order valence-corrected chi connectivity index (χ1v) is 13.0. The summed E-state index contributed by atoms with van der Waals surface area (Å²) >= 11 is 0. The van der Waals surface area contributed by atoms with Gasteiger partial charge in [0.25, 0.3) is 0 Å². The summed E-state index contributed by atoms with van der Waals surface area (Å²) in [7, 11) is 3.24. The van der Waals surface area contributed by atoms with Crippen LogP contribution >= 0.6 is 0 Å². The van der Waals surface area contributed by atoms with E-state index in [9.17, 15) is 9.59 Å². The van der Waals surface area contributed by atoms with E-state index in [2.05, 4.69) is 5.32 Å². The molecule has 0 saturated heterocycles. The molecule has 0 spiro atoms. The van der Waals surface area contributed by atoms with Crippen molar-refractivity contribution in [1.82, 2.24) is 10.2 Å². The second-order valence-electron chi connectivity index (χ2n) is 9.23. The number of hydrogen-bond acceptors (Lipinski definition) is 4. The molecule has 39 heavy (non-hydrogen) atoms. The van der Waals surface area contributed by atoms with Crippen LogP contribution in [-0.4, -0.2) is 30.9 Å². The molecule has 4 aromatic rings. The van der Waals surface area contributed by atoms with Crippen molar-refractivity contribution in [3.8, 4) is 11.5 Å². The van der Waals surface area contributed by atoms with Gasteiger partial charge in [0, 0.05) is 19.5 Å². The van der Waals surface area contributed by atoms with Gasteiger partial charge in [-0.2, -0.15) is 0 Å². The van der Waals surface area contributed by atoms with Crippen LogP contribution in [0, 0.1) is 0 Å². The van der Waals surface area contributed by atoms with E-state index in [4.69, 9.17) is 9.47 Å². The number of carbonyl (C=O) groups excluding carboxylic acids is 2. The zero-order valence-electron chi connectivity index (χ0n) is 22.4. The second kappa shape index (κ2) is 13.8. The first-order chi connectivity index (χ1) is 19.1. The average molecular weight is 523 g/mol. The van der Waals surface area contributed by atoms with E-state index < -0.39 is 6.04 Å². The molecule has 0 aliphatic heterocycles. The highest BCUT2D eigenvalue weighted by Crippen LogP contribution is 2.26. The number of amides is 2. The first kappa shape index (κ1) is 27.5. The molecule has 0 heterocycles. The van der Waals surface area contributed by atoms with Crippen molar-refractivity contribution in [2.45, 2.75) is 32.0 Å². The summed E-state index contributed by atoms with van der Waals surface area (Å²) in [6.45, 7) is 0.619. The lowest BCUT2D eigenvalue weighted by molar-refractivity contribution is -0.141. The predicted molar refractivity (Wildman–Crippen MR) is 152 cm³/mol. The normalized spacial score (nSPS) is 11.3. The number of rotatable bonds is 12. The first-order valence-electron chi connectivity index (χ1n) is 13.0. The van der Waals surface area contributed by atoms with Crippen LogP contribution in [0.1, 0.15) is 34.7 Å². The number of carbonyl (C=O) groups is 2. The molecule has 2 amide bonds. The van der Waals surface area contributed by atoms with Gasteiger partial charge in [-0.05, 0) is 52.9 Å². The summed E-state index contributed by atoms with van der Waals surface area (Å²) in [5.41, 5.74) is 3.68. The van der Waals surface area contributed by atoms with Gasteiger partial charge in [0.05, 0.1) is 14.2 Å². The van der Waals surface area contributed by atoms with Crippen molar-refractivity contribution in [3.05, 3.63) is 131 Å². The molecule has 4 aromatic carbocycles. The fourth-order valence-corrected chi connectivity index (χ4v) is 4.43. The number of nitrogens with one attached hydrogen (secondary N) is 1. The van der Waals surface area contributed by atoms with Crippen molar-refractivity contribution < 1.29 is 19.1 Å². The van der Waals surface area contributed by atoms with Gasteiger partial charge in [-0.15, -0.1) is 0 Å². The molecular formula is C33H34N2O4. The van der Waals surface area contributed by atoms with E-state index >= 15 is 0 Å². The van der Waals surface area contributed by atoms with Crippen LogP contribution in [0.3, 0.4) is 0 Å². The summed E-state index contributed by atoms with van der Waals surface area (Å²) in [6, 6.07) is 33.7. The number of hydrogen-bond donors (Lipinski definition) is 1. The Labute approximate surface area is 230 Å². The van der Waals surface area contributed by atoms with Crippen LogP contribution < -0.4 is 14.8 Å². The summed E-state index contributed by atoms with van der Waals surface area (Å²) < 4.78 is 10.5. The molecule has 0 saturated carbocycles. The maximum atomic E-state index is 13.8. The molecule has 0 aliphatic rings. The Morgan fingerprint density at radius 2 is 1.23 bits per heavy atom. The predicted octanol–water partition coefficient (Wildman–Crippen LogP) is 5.72. The molecule has 0 fully saturated rings. The molecule has 1 N–H and O–H groups in total. The van der Waals surface area contributed by atoms with Gasteiger partial charge in [0.2, 0.25) is 11.8 Å². The van der Waals surface area contributed by atoms with Crippen LogP contribution in [0.2, 0.25) is 0 Å². The van der Waals surface area contributed by atoms with Gasteiger partial charge in [-0.25, -0.2) is 0 Å². The minimum absolute atomic E-state index is 0.0943. The quantitative estimate of drug-likeness (QED) is 0.258. The summed E-state index contributed by atoms with van der Waals surface area (Å²) in [5, 5.41) is 3.05. The molecule has 0 radical (unpaired) electrons. The fourth-order valence-electron chi connectivity index (χ4n) is 4.43. The van der Waals surface area contributed by atoms with E-state index in [1.807, 2.05) is 109 Å². The highest BCUT2D eigenvalue weighted by Gasteiger charge is 2.31. The number of nitrogens with zero attached hydrogens (tertiary/aromatic N) is 1. The largest absolute Gasteiger partial charge is 0.497 e. The van der Waals surface area contributed by atoms with Crippen molar-refractivity contribution in [2.75, 3.05) is 14.2 Å². The molecule has 0 unspecified atom stereocenters. The molecule has 1 atom stereocenters. The summed E-state index contributed by atoms with van der Waals surface area (Å²) in [4.78, 5) is 29.3. The van der Waals surface area contributed by atoms with Gasteiger partial charge < -0.3 is 19.7 Å². The van der Waals surface area contributed by atoms with E-state index in [1.54, 1.807) is 19.1 Å². The minimum atomic E-state index is -0.796. The van der Waals surface area contributed by atoms with Crippen molar-refractivity contribution in [2.24, 2.45) is 0 Å². The Morgan fingerprint density at radius 3 is 1.79 bits per heavy atom. The van der Waals surface area contributed by atoms with E-state index in [-0.39, 0.29) is 24.8 Å². The molecule has 200 valence electrons. The van der Waals surface area contributed by atoms with Crippen molar-refractivity contribution in [1.29, 1.82) is 0 Å². The smallest absolute Gasteiger partial charge is 0.247 e. The van der Waals surface area contributed by atoms with Crippen LogP contribution in [0.25, 0.3) is 0 Å². The van der Waals surface area contributed by atoms with Crippen LogP contribution in [0.5, 0.6) is 11.5 Å². The lowest BCUT2D eigenvalue weighted by Crippen LogP contribution is -2.43. The van der Waals surface area contributed by atoms with E-state index in [0.717, 1.165) is 33.8 Å².